The normalized spacial score (nSPS) is 10.0. The molecule has 0 radical (unpaired) electrons. The van der Waals surface area contributed by atoms with E-state index in [-0.39, 0.29) is 70.3 Å². The van der Waals surface area contributed by atoms with Crippen molar-refractivity contribution < 1.29 is 70.3 Å². The van der Waals surface area contributed by atoms with Crippen LogP contribution in [0.2, 0.25) is 0 Å². The molecule has 0 atom stereocenters. The first-order valence-corrected chi connectivity index (χ1v) is 44.5. The molecule has 0 aliphatic rings. The van der Waals surface area contributed by atoms with Crippen LogP contribution in [0.1, 0.15) is 1.43 Å². The predicted octanol–water partition coefficient (Wildman–Crippen LogP) is 0.278. The Labute approximate surface area is 139 Å². The Kier molecular flexibility index (Phi) is 18.1. The number of halogens is 4. The Morgan fingerprint density at radius 2 is 1.00 bits per heavy atom. The van der Waals surface area contributed by atoms with E-state index >= 15 is 0 Å². The van der Waals surface area contributed by atoms with Crippen LogP contribution in [0.5, 0.6) is 0 Å². The molecule has 0 unspecified atom stereocenters. The standard InChI is InChI=1S/Cs.4HI.Pb.H/h;4*1H;;/q+1;;;;;+4;-1/p-4. The van der Waals surface area contributed by atoms with E-state index in [4.69, 9.17) is 0 Å². The van der Waals surface area contributed by atoms with Gasteiger partial charge in [-0.1, -0.05) is 0 Å². The van der Waals surface area contributed by atoms with Gasteiger partial charge >= 0.3 is 144 Å². The van der Waals surface area contributed by atoms with Crippen LogP contribution < -0.4 is 68.9 Å². The second kappa shape index (κ2) is 7.54. The van der Waals surface area contributed by atoms with E-state index in [0.717, 1.165) is 0 Å². The molecule has 0 saturated carbocycles. The van der Waals surface area contributed by atoms with Crippen LogP contribution in [0.15, 0.2) is 0 Å². The third-order valence-corrected chi connectivity index (χ3v) is 0. The average molecular weight is 849 g/mol. The van der Waals surface area contributed by atoms with Crippen LogP contribution >= 0.6 is 71.0 Å². The molecule has 0 spiro atoms. The Bertz CT molecular complexity index is 27.2. The average Bonchev–Trinajstić information content (AvgIpc) is 0.722. The maximum absolute atomic E-state index is 2.56. The van der Waals surface area contributed by atoms with Gasteiger partial charge in [0.25, 0.3) is 0 Å². The zero-order valence-corrected chi connectivity index (χ0v) is 21.8. The first-order valence-electron chi connectivity index (χ1n) is 0.756. The molecule has 0 aromatic rings. The second-order valence-electron chi connectivity index (χ2n) is 0.429. The summed E-state index contributed by atoms with van der Waals surface area (Å²) in [7, 11) is 0. The molecule has 0 saturated heterocycles. The van der Waals surface area contributed by atoms with Gasteiger partial charge in [-0.25, -0.2) is 0 Å². The van der Waals surface area contributed by atoms with Gasteiger partial charge in [-0.15, -0.1) is 0 Å². The summed E-state index contributed by atoms with van der Waals surface area (Å²) in [6.07, 6.45) is 0. The van der Waals surface area contributed by atoms with E-state index in [1.54, 1.807) is 0 Å². The molecule has 34 valence electrons. The number of rotatable bonds is 0. The first kappa shape index (κ1) is 14.4. The van der Waals surface area contributed by atoms with E-state index in [0.29, 0.717) is 0 Å². The topological polar surface area (TPSA) is 0 Å². The molecule has 0 nitrogen and oxygen atoms in total. The van der Waals surface area contributed by atoms with E-state index in [9.17, 15) is 0 Å². The van der Waals surface area contributed by atoms with E-state index in [1.165, 1.54) is 0 Å². The zero-order valence-electron chi connectivity index (χ0n) is 4.01. The van der Waals surface area contributed by atoms with E-state index in [2.05, 4.69) is 71.0 Å². The zero-order chi connectivity index (χ0) is 4.50. The summed E-state index contributed by atoms with van der Waals surface area (Å²) in [6, 6.07) is 0. The van der Waals surface area contributed by atoms with Crippen molar-refractivity contribution in [3.05, 3.63) is 0 Å². The number of hydrogen-bond acceptors (Lipinski definition) is 0. The maximum atomic E-state index is 2.56. The van der Waals surface area contributed by atoms with Gasteiger partial charge in [0, 0.05) is 0 Å². The first-order chi connectivity index (χ1) is 2.00. The van der Waals surface area contributed by atoms with Crippen molar-refractivity contribution in [2.75, 3.05) is 0 Å². The van der Waals surface area contributed by atoms with Gasteiger partial charge in [-0.3, -0.25) is 0 Å². The minimum absolute atomic E-state index is 0. The summed E-state index contributed by atoms with van der Waals surface area (Å²) in [4.78, 5) is 0. The Morgan fingerprint density at radius 3 is 1.00 bits per heavy atom. The van der Waals surface area contributed by atoms with Crippen molar-refractivity contribution >= 4 is 75.0 Å². The SMILES string of the molecule is [Cs+].[H-].[I][Pb]([I])([I])[I]. The molecular weight excluding hydrogens is 848 g/mol. The molecule has 0 N–H and O–H groups in total. The van der Waals surface area contributed by atoms with Gasteiger partial charge in [0.05, 0.1) is 0 Å². The monoisotopic (exact) mass is 850 g/mol. The summed E-state index contributed by atoms with van der Waals surface area (Å²) in [5, 5.41) is 0. The fourth-order valence-corrected chi connectivity index (χ4v) is 0. The minimum atomic E-state index is -1.40. The van der Waals surface area contributed by atoms with Crippen molar-refractivity contribution in [2.45, 2.75) is 0 Å². The molecule has 0 fully saturated rings. The molecule has 6 heavy (non-hydrogen) atoms. The van der Waals surface area contributed by atoms with Crippen molar-refractivity contribution in [3.63, 3.8) is 0 Å². The second-order valence-corrected chi connectivity index (χ2v) is 169. The van der Waals surface area contributed by atoms with Crippen LogP contribution in [-0.4, -0.2) is 4.00 Å². The fourth-order valence-electron chi connectivity index (χ4n) is 0. The van der Waals surface area contributed by atoms with Gasteiger partial charge in [0.2, 0.25) is 0 Å². The quantitative estimate of drug-likeness (QED) is 0.243. The molecule has 0 aromatic heterocycles. The Hall–Kier alpha value is 5.89. The van der Waals surface area contributed by atoms with Crippen molar-refractivity contribution in [2.24, 2.45) is 0 Å². The van der Waals surface area contributed by atoms with Gasteiger partial charge in [-0.05, 0) is 0 Å². The Balaban J connectivity index is -0.0000000800. The molecule has 0 rings (SSSR count). The molecule has 0 aliphatic heterocycles. The van der Waals surface area contributed by atoms with Crippen LogP contribution in [0.25, 0.3) is 0 Å². The molecule has 0 bridgehead atoms. The van der Waals surface area contributed by atoms with E-state index in [1.807, 2.05) is 0 Å². The third-order valence-electron chi connectivity index (χ3n) is 0. The Morgan fingerprint density at radius 1 is 1.00 bits per heavy atom. The van der Waals surface area contributed by atoms with Gasteiger partial charge in [0.15, 0.2) is 0 Å². The van der Waals surface area contributed by atoms with Crippen LogP contribution in [0.4, 0.5) is 0 Å². The summed E-state index contributed by atoms with van der Waals surface area (Å²) < 4.78 is -1.40. The molecule has 0 amide bonds. The van der Waals surface area contributed by atoms with Gasteiger partial charge < -0.3 is 1.43 Å². The van der Waals surface area contributed by atoms with Gasteiger partial charge in [-0.2, -0.15) is 0 Å². The molecule has 0 aromatic carbocycles. The fraction of sp³-hybridized carbons (Fsp3) is 0. The molecule has 0 heterocycles. The van der Waals surface area contributed by atoms with Crippen molar-refractivity contribution in [3.8, 4) is 0 Å². The summed E-state index contributed by atoms with van der Waals surface area (Å²) >= 11 is 10.2. The van der Waals surface area contributed by atoms with Crippen molar-refractivity contribution in [1.82, 2.24) is 0 Å². The van der Waals surface area contributed by atoms with Crippen LogP contribution in [0, 0.1) is 0 Å². The molecule has 0 aliphatic carbocycles. The molecule has 6 heteroatoms. The van der Waals surface area contributed by atoms with Gasteiger partial charge in [0.1, 0.15) is 0 Å². The van der Waals surface area contributed by atoms with Crippen LogP contribution in [-0.2, 0) is 0 Å². The van der Waals surface area contributed by atoms with E-state index < -0.39 is 4.00 Å². The number of hydrogen-bond donors (Lipinski definition) is 0. The molecular formula is HCsI4Pb. The third kappa shape index (κ3) is 22.5. The van der Waals surface area contributed by atoms with Crippen LogP contribution in [0.3, 0.4) is 0 Å². The predicted molar refractivity (Wildman–Crippen MR) is 62.9 cm³/mol. The summed E-state index contributed by atoms with van der Waals surface area (Å²) in [5.41, 5.74) is 0. The van der Waals surface area contributed by atoms with Crippen molar-refractivity contribution in [1.29, 1.82) is 0 Å². The summed E-state index contributed by atoms with van der Waals surface area (Å²) in [5.74, 6) is 0. The summed E-state index contributed by atoms with van der Waals surface area (Å²) in [6.45, 7) is 0.